The van der Waals surface area contributed by atoms with E-state index < -0.39 is 0 Å². The zero-order valence-corrected chi connectivity index (χ0v) is 9.20. The Morgan fingerprint density at radius 1 is 1.27 bits per heavy atom. The lowest BCUT2D eigenvalue weighted by atomic mass is 9.93. The average molecular weight is 210 g/mol. The number of nitrogens with zero attached hydrogens (tertiary/aromatic N) is 3. The highest BCUT2D eigenvalue weighted by Crippen LogP contribution is 2.37. The van der Waals surface area contributed by atoms with Crippen molar-refractivity contribution >= 4 is 0 Å². The summed E-state index contributed by atoms with van der Waals surface area (Å²) in [5, 5.41) is 14.4. The van der Waals surface area contributed by atoms with Gasteiger partial charge in [-0.2, -0.15) is 5.21 Å². The molecule has 1 N–H and O–H groups in total. The van der Waals surface area contributed by atoms with Crippen LogP contribution < -0.4 is 0 Å². The van der Waals surface area contributed by atoms with Crippen LogP contribution in [0.2, 0.25) is 0 Å². The second-order valence-electron chi connectivity index (χ2n) is 4.08. The summed E-state index contributed by atoms with van der Waals surface area (Å²) in [6.07, 6.45) is 6.98. The molecule has 5 heteroatoms. The van der Waals surface area contributed by atoms with Crippen molar-refractivity contribution in [3.05, 3.63) is 5.82 Å². The Labute approximate surface area is 89.6 Å². The van der Waals surface area contributed by atoms with Crippen LogP contribution in [0.15, 0.2) is 0 Å². The minimum absolute atomic E-state index is 0.280. The zero-order chi connectivity index (χ0) is 10.6. The van der Waals surface area contributed by atoms with Crippen molar-refractivity contribution in [2.75, 3.05) is 6.61 Å². The molecule has 84 valence electrons. The average Bonchev–Trinajstić information content (AvgIpc) is 2.68. The molecule has 15 heavy (non-hydrogen) atoms. The van der Waals surface area contributed by atoms with E-state index in [4.69, 9.17) is 4.74 Å². The lowest BCUT2D eigenvalue weighted by Gasteiger charge is -2.28. The third-order valence-electron chi connectivity index (χ3n) is 3.08. The van der Waals surface area contributed by atoms with Gasteiger partial charge in [0.25, 0.3) is 0 Å². The fourth-order valence-electron chi connectivity index (χ4n) is 2.36. The molecule has 0 aromatic carbocycles. The summed E-state index contributed by atoms with van der Waals surface area (Å²) in [5.41, 5.74) is -0.280. The molecule has 2 rings (SSSR count). The quantitative estimate of drug-likeness (QED) is 0.772. The minimum Gasteiger partial charge on any atom is -0.367 e. The predicted octanol–water partition coefficient (Wildman–Crippen LogP) is 1.79. The van der Waals surface area contributed by atoms with E-state index in [0.717, 1.165) is 18.7 Å². The van der Waals surface area contributed by atoms with E-state index in [2.05, 4.69) is 20.6 Å². The molecule has 1 aliphatic carbocycles. The van der Waals surface area contributed by atoms with Crippen molar-refractivity contribution in [1.29, 1.82) is 0 Å². The van der Waals surface area contributed by atoms with Gasteiger partial charge < -0.3 is 4.74 Å². The van der Waals surface area contributed by atoms with Crippen molar-refractivity contribution in [2.45, 2.75) is 51.0 Å². The van der Waals surface area contributed by atoms with Gasteiger partial charge in [-0.25, -0.2) is 0 Å². The first kappa shape index (κ1) is 10.5. The van der Waals surface area contributed by atoms with E-state index in [-0.39, 0.29) is 5.60 Å². The van der Waals surface area contributed by atoms with Gasteiger partial charge in [-0.15, -0.1) is 10.2 Å². The molecule has 1 fully saturated rings. The second-order valence-corrected chi connectivity index (χ2v) is 4.08. The Bertz CT molecular complexity index is 278. The number of ether oxygens (including phenoxy) is 1. The van der Waals surface area contributed by atoms with Crippen LogP contribution in [0, 0.1) is 0 Å². The van der Waals surface area contributed by atoms with Gasteiger partial charge in [-0.05, 0) is 19.8 Å². The van der Waals surface area contributed by atoms with Crippen molar-refractivity contribution in [3.8, 4) is 0 Å². The fourth-order valence-corrected chi connectivity index (χ4v) is 2.36. The molecule has 1 aliphatic rings. The lowest BCUT2D eigenvalue weighted by Crippen LogP contribution is -2.30. The Balaban J connectivity index is 2.21. The Kier molecular flexibility index (Phi) is 3.30. The molecule has 0 amide bonds. The van der Waals surface area contributed by atoms with E-state index in [1.807, 2.05) is 6.92 Å². The van der Waals surface area contributed by atoms with Gasteiger partial charge in [0.2, 0.25) is 5.82 Å². The summed E-state index contributed by atoms with van der Waals surface area (Å²) in [4.78, 5) is 0. The number of aromatic nitrogens is 4. The molecule has 1 heterocycles. The largest absolute Gasteiger partial charge is 0.367 e. The Hall–Kier alpha value is -0.970. The van der Waals surface area contributed by atoms with Gasteiger partial charge in [-0.1, -0.05) is 30.9 Å². The number of aromatic amines is 1. The van der Waals surface area contributed by atoms with E-state index in [1.165, 1.54) is 25.7 Å². The normalized spacial score (nSPS) is 21.1. The first-order chi connectivity index (χ1) is 7.37. The molecule has 1 saturated carbocycles. The van der Waals surface area contributed by atoms with Crippen LogP contribution in [0.3, 0.4) is 0 Å². The molecule has 1 aromatic rings. The molecule has 0 radical (unpaired) electrons. The van der Waals surface area contributed by atoms with E-state index in [9.17, 15) is 0 Å². The SMILES string of the molecule is CCOC1(c2nn[nH]n2)CCCCCC1. The molecule has 0 bridgehead atoms. The summed E-state index contributed by atoms with van der Waals surface area (Å²) in [7, 11) is 0. The molecule has 1 aromatic heterocycles. The molecule has 0 unspecified atom stereocenters. The summed E-state index contributed by atoms with van der Waals surface area (Å²) in [5.74, 6) is 0.728. The predicted molar refractivity (Wildman–Crippen MR) is 55.2 cm³/mol. The maximum atomic E-state index is 5.91. The van der Waals surface area contributed by atoms with Gasteiger partial charge in [0.1, 0.15) is 5.60 Å². The molecule has 0 atom stereocenters. The summed E-state index contributed by atoms with van der Waals surface area (Å²) >= 11 is 0. The summed E-state index contributed by atoms with van der Waals surface area (Å²) in [6.45, 7) is 2.72. The number of hydrogen-bond donors (Lipinski definition) is 1. The molecule has 0 aliphatic heterocycles. The summed E-state index contributed by atoms with van der Waals surface area (Å²) < 4.78 is 5.91. The maximum absolute atomic E-state index is 5.91. The van der Waals surface area contributed by atoms with Crippen molar-refractivity contribution in [3.63, 3.8) is 0 Å². The van der Waals surface area contributed by atoms with Crippen LogP contribution in [0.25, 0.3) is 0 Å². The van der Waals surface area contributed by atoms with Crippen LogP contribution in [0.1, 0.15) is 51.3 Å². The smallest absolute Gasteiger partial charge is 0.206 e. The van der Waals surface area contributed by atoms with Crippen molar-refractivity contribution in [2.24, 2.45) is 0 Å². The zero-order valence-electron chi connectivity index (χ0n) is 9.20. The van der Waals surface area contributed by atoms with Gasteiger partial charge >= 0.3 is 0 Å². The van der Waals surface area contributed by atoms with Crippen LogP contribution in [0.5, 0.6) is 0 Å². The number of H-pyrrole nitrogens is 1. The van der Waals surface area contributed by atoms with Gasteiger partial charge in [0.05, 0.1) is 0 Å². The van der Waals surface area contributed by atoms with E-state index in [1.54, 1.807) is 0 Å². The molecule has 5 nitrogen and oxygen atoms in total. The van der Waals surface area contributed by atoms with Crippen LogP contribution in [-0.2, 0) is 10.3 Å². The van der Waals surface area contributed by atoms with Crippen molar-refractivity contribution < 1.29 is 4.74 Å². The van der Waals surface area contributed by atoms with E-state index in [0.29, 0.717) is 6.61 Å². The number of tetrazole rings is 1. The summed E-state index contributed by atoms with van der Waals surface area (Å²) in [6, 6.07) is 0. The Morgan fingerprint density at radius 2 is 2.00 bits per heavy atom. The van der Waals surface area contributed by atoms with Gasteiger partial charge in [0.15, 0.2) is 0 Å². The molecule has 0 spiro atoms. The number of rotatable bonds is 3. The standard InChI is InChI=1S/C10H18N4O/c1-2-15-10(9-11-13-14-12-9)7-5-3-4-6-8-10/h2-8H2,1H3,(H,11,12,13,14). The minimum atomic E-state index is -0.280. The van der Waals surface area contributed by atoms with Crippen LogP contribution in [0.4, 0.5) is 0 Å². The number of hydrogen-bond acceptors (Lipinski definition) is 4. The molecule has 0 saturated heterocycles. The topological polar surface area (TPSA) is 63.7 Å². The highest BCUT2D eigenvalue weighted by atomic mass is 16.5. The number of nitrogens with one attached hydrogen (secondary N) is 1. The van der Waals surface area contributed by atoms with Crippen LogP contribution in [-0.4, -0.2) is 27.2 Å². The second kappa shape index (κ2) is 4.70. The van der Waals surface area contributed by atoms with Gasteiger partial charge in [0, 0.05) is 6.61 Å². The third kappa shape index (κ3) is 2.17. The van der Waals surface area contributed by atoms with Crippen molar-refractivity contribution in [1.82, 2.24) is 20.6 Å². The first-order valence-electron chi connectivity index (χ1n) is 5.75. The fraction of sp³-hybridized carbons (Fsp3) is 0.900. The molecular weight excluding hydrogens is 192 g/mol. The third-order valence-corrected chi connectivity index (χ3v) is 3.08. The maximum Gasteiger partial charge on any atom is 0.206 e. The molecular formula is C10H18N4O. The lowest BCUT2D eigenvalue weighted by molar-refractivity contribution is -0.0624. The highest BCUT2D eigenvalue weighted by Gasteiger charge is 2.37. The first-order valence-corrected chi connectivity index (χ1v) is 5.75. The van der Waals surface area contributed by atoms with Gasteiger partial charge in [-0.3, -0.25) is 0 Å². The highest BCUT2D eigenvalue weighted by molar-refractivity contribution is 4.99. The van der Waals surface area contributed by atoms with Crippen LogP contribution >= 0.6 is 0 Å². The monoisotopic (exact) mass is 210 g/mol. The Morgan fingerprint density at radius 3 is 2.53 bits per heavy atom. The van der Waals surface area contributed by atoms with E-state index >= 15 is 0 Å².